The number of methoxy groups -OCH3 is 1. The Labute approximate surface area is 324 Å². The lowest BCUT2D eigenvalue weighted by Crippen LogP contribution is -2.48. The lowest BCUT2D eigenvalue weighted by atomic mass is 9.81. The molecule has 4 aromatic rings. The van der Waals surface area contributed by atoms with E-state index in [-0.39, 0.29) is 18.6 Å². The summed E-state index contributed by atoms with van der Waals surface area (Å²) in [6.45, 7) is 4.38. The number of aryl methyl sites for hydroxylation is 1. The summed E-state index contributed by atoms with van der Waals surface area (Å²) in [6.07, 6.45) is 9.69. The average Bonchev–Trinajstić information content (AvgIpc) is 3.68. The van der Waals surface area contributed by atoms with Crippen molar-refractivity contribution in [3.05, 3.63) is 70.5 Å². The van der Waals surface area contributed by atoms with Gasteiger partial charge < -0.3 is 28.6 Å². The van der Waals surface area contributed by atoms with Crippen LogP contribution in [0.5, 0.6) is 5.75 Å². The number of likely N-dealkylation sites (N-methyl/N-ethyl adjacent to an activating group) is 1. The van der Waals surface area contributed by atoms with E-state index >= 15 is 0 Å². The van der Waals surface area contributed by atoms with E-state index in [1.54, 1.807) is 13.3 Å². The summed E-state index contributed by atoms with van der Waals surface area (Å²) < 4.78 is 52.2. The van der Waals surface area contributed by atoms with Gasteiger partial charge in [0.15, 0.2) is 0 Å². The molecule has 294 valence electrons. The quantitative estimate of drug-likeness (QED) is 0.246. The van der Waals surface area contributed by atoms with Crippen molar-refractivity contribution >= 4 is 38.7 Å². The molecule has 0 bridgehead atoms. The number of rotatable bonds is 10. The number of morpholine rings is 2. The highest BCUT2D eigenvalue weighted by Gasteiger charge is 2.33. The minimum atomic E-state index is -3.67. The molecule has 0 radical (unpaired) electrons. The van der Waals surface area contributed by atoms with Gasteiger partial charge in [-0.2, -0.15) is 22.5 Å². The lowest BCUT2D eigenvalue weighted by Gasteiger charge is -2.34. The van der Waals surface area contributed by atoms with Crippen molar-refractivity contribution in [3.63, 3.8) is 0 Å². The summed E-state index contributed by atoms with van der Waals surface area (Å²) in [5.74, 6) is 1.09. The van der Waals surface area contributed by atoms with Crippen LogP contribution in [0.15, 0.2) is 42.6 Å². The molecule has 8 rings (SSSR count). The van der Waals surface area contributed by atoms with Crippen LogP contribution >= 0.6 is 0 Å². The number of carbonyl (C=O) groups is 1. The van der Waals surface area contributed by atoms with Crippen molar-refractivity contribution in [1.82, 2.24) is 33.2 Å². The second-order valence-electron chi connectivity index (χ2n) is 15.5. The molecule has 0 spiro atoms. The highest BCUT2D eigenvalue weighted by atomic mass is 32.2. The van der Waals surface area contributed by atoms with Crippen LogP contribution in [0.25, 0.3) is 33.8 Å². The second-order valence-corrected chi connectivity index (χ2v) is 17.3. The van der Waals surface area contributed by atoms with Gasteiger partial charge in [-0.1, -0.05) is 31.4 Å². The zero-order valence-corrected chi connectivity index (χ0v) is 33.2. The van der Waals surface area contributed by atoms with Crippen molar-refractivity contribution < 1.29 is 27.4 Å². The van der Waals surface area contributed by atoms with Crippen molar-refractivity contribution in [2.24, 2.45) is 7.05 Å². The smallest absolute Gasteiger partial charge is 0.279 e. The van der Waals surface area contributed by atoms with Crippen molar-refractivity contribution in [2.45, 2.75) is 57.2 Å². The first-order valence-corrected chi connectivity index (χ1v) is 21.0. The monoisotopic (exact) mass is 771 g/mol. The summed E-state index contributed by atoms with van der Waals surface area (Å²) in [5.41, 5.74) is 8.86. The number of nitrogens with one attached hydrogen (secondary N) is 1. The summed E-state index contributed by atoms with van der Waals surface area (Å²) in [7, 11) is 3.95. The van der Waals surface area contributed by atoms with Gasteiger partial charge in [0, 0.05) is 62.8 Å². The van der Waals surface area contributed by atoms with Crippen molar-refractivity contribution in [1.29, 1.82) is 0 Å². The van der Waals surface area contributed by atoms with E-state index in [0.29, 0.717) is 64.0 Å². The topological polar surface area (TPSA) is 123 Å². The van der Waals surface area contributed by atoms with Gasteiger partial charge in [-0.3, -0.25) is 9.48 Å². The molecule has 2 aromatic carbocycles. The zero-order valence-electron chi connectivity index (χ0n) is 32.4. The molecule has 4 aliphatic rings. The van der Waals surface area contributed by atoms with E-state index < -0.39 is 10.2 Å². The Morgan fingerprint density at radius 1 is 1.02 bits per heavy atom. The molecular weight excluding hydrogens is 719 g/mol. The number of amides is 1. The predicted octanol–water partition coefficient (Wildman–Crippen LogP) is 4.72. The van der Waals surface area contributed by atoms with Gasteiger partial charge in [-0.05, 0) is 85.5 Å². The third-order valence-electron chi connectivity index (χ3n) is 11.6. The van der Waals surface area contributed by atoms with Crippen LogP contribution in [0.2, 0.25) is 0 Å². The number of ether oxygens (including phenoxy) is 3. The fraction of sp³-hybridized carbons (Fsp3) is 0.512. The van der Waals surface area contributed by atoms with Crippen LogP contribution in [-0.4, -0.2) is 123 Å². The number of aromatic nitrogens is 3. The predicted molar refractivity (Wildman–Crippen MR) is 213 cm³/mol. The summed E-state index contributed by atoms with van der Waals surface area (Å²) >= 11 is 0. The Hall–Kier alpha value is -4.05. The minimum Gasteiger partial charge on any atom is -0.497 e. The van der Waals surface area contributed by atoms with Gasteiger partial charge in [0.1, 0.15) is 5.75 Å². The third kappa shape index (κ3) is 7.60. The Bertz CT molecular complexity index is 2200. The van der Waals surface area contributed by atoms with E-state index in [1.807, 2.05) is 36.8 Å². The number of benzene rings is 2. The molecule has 2 aromatic heterocycles. The Kier molecular flexibility index (Phi) is 10.9. The van der Waals surface area contributed by atoms with Gasteiger partial charge in [0.05, 0.1) is 62.7 Å². The van der Waals surface area contributed by atoms with Crippen LogP contribution in [0, 0.1) is 0 Å². The molecule has 1 aliphatic carbocycles. The molecule has 1 N–H and O–H groups in total. The minimum absolute atomic E-state index is 0.0542. The molecular formula is C41H53N7O6S. The second kappa shape index (κ2) is 15.8. The first-order chi connectivity index (χ1) is 26.6. The molecule has 2 saturated heterocycles. The average molecular weight is 772 g/mol. The molecule has 1 unspecified atom stereocenters. The zero-order chi connectivity index (χ0) is 38.3. The van der Waals surface area contributed by atoms with E-state index in [9.17, 15) is 13.2 Å². The first kappa shape index (κ1) is 37.9. The number of nitrogens with zero attached hydrogens (tertiary/aromatic N) is 6. The molecule has 3 aliphatic heterocycles. The number of carbonyl (C=O) groups excluding carboxylic acids is 1. The molecule has 5 heterocycles. The van der Waals surface area contributed by atoms with E-state index in [0.717, 1.165) is 58.6 Å². The van der Waals surface area contributed by atoms with Crippen molar-refractivity contribution in [2.75, 3.05) is 73.7 Å². The molecule has 1 amide bonds. The van der Waals surface area contributed by atoms with E-state index in [2.05, 4.69) is 55.7 Å². The summed E-state index contributed by atoms with van der Waals surface area (Å²) in [4.78, 5) is 18.4. The number of hydrogen-bond donors (Lipinski definition) is 1. The fourth-order valence-corrected chi connectivity index (χ4v) is 10.1. The lowest BCUT2D eigenvalue weighted by molar-refractivity contribution is -0.0306. The molecule has 13 nitrogen and oxygen atoms in total. The molecule has 3 fully saturated rings. The Morgan fingerprint density at radius 3 is 2.58 bits per heavy atom. The molecule has 14 heteroatoms. The molecule has 1 saturated carbocycles. The SMILES string of the molecule is COc1ccc2c(c1)C=C(c1c(C(=O)N3CCOC(CN(C)C)C3)cnn1C)Cn1c-2c(C2CCCCC2)c2ccc(CNS(=O)(=O)N3CCOCC3)cc21. The Morgan fingerprint density at radius 2 is 1.82 bits per heavy atom. The highest BCUT2D eigenvalue weighted by Crippen LogP contribution is 2.48. The van der Waals surface area contributed by atoms with Crippen molar-refractivity contribution in [3.8, 4) is 17.0 Å². The number of hydrogen-bond acceptors (Lipinski definition) is 8. The number of fused-ring (bicyclic) bond motifs is 5. The standard InChI is InChI=1S/C41H53N7O6S/c1-44(2)26-33-27-46(14-19-54-33)41(49)36-24-42-45(3)39(36)31-21-30-22-32(52-4)11-13-34(30)40-38(29-8-6-5-7-9-29)35-12-10-28(20-37(35)48(40)25-31)23-43-55(50,51)47-15-17-53-18-16-47/h10-13,20-22,24,29,33,43H,5-9,14-19,23,25-27H2,1-4H3. The maximum Gasteiger partial charge on any atom is 0.279 e. The number of allylic oxidation sites excluding steroid dienone is 1. The van der Waals surface area contributed by atoms with Gasteiger partial charge in [-0.25, -0.2) is 0 Å². The van der Waals surface area contributed by atoms with Crippen LogP contribution < -0.4 is 9.46 Å². The third-order valence-corrected chi connectivity index (χ3v) is 13.1. The summed E-state index contributed by atoms with van der Waals surface area (Å²) in [6, 6.07) is 12.7. The van der Waals surface area contributed by atoms with Gasteiger partial charge in [-0.15, -0.1) is 0 Å². The first-order valence-electron chi connectivity index (χ1n) is 19.6. The maximum atomic E-state index is 14.4. The van der Waals surface area contributed by atoms with Gasteiger partial charge in [0.2, 0.25) is 0 Å². The fourth-order valence-electron chi connectivity index (χ4n) is 8.96. The maximum absolute atomic E-state index is 14.4. The van der Waals surface area contributed by atoms with Crippen LogP contribution in [0.1, 0.15) is 70.8 Å². The largest absolute Gasteiger partial charge is 0.497 e. The van der Waals surface area contributed by atoms with E-state index in [1.165, 1.54) is 40.2 Å². The van der Waals surface area contributed by atoms with Gasteiger partial charge >= 0.3 is 0 Å². The van der Waals surface area contributed by atoms with Crippen LogP contribution in [-0.2, 0) is 39.8 Å². The normalized spacial score (nSPS) is 20.0. The highest BCUT2D eigenvalue weighted by molar-refractivity contribution is 7.87. The molecule has 55 heavy (non-hydrogen) atoms. The Balaban J connectivity index is 1.24. The van der Waals surface area contributed by atoms with Crippen LogP contribution in [0.4, 0.5) is 0 Å². The van der Waals surface area contributed by atoms with Crippen LogP contribution in [0.3, 0.4) is 0 Å². The summed E-state index contributed by atoms with van der Waals surface area (Å²) in [5, 5.41) is 5.86. The van der Waals surface area contributed by atoms with Gasteiger partial charge in [0.25, 0.3) is 16.1 Å². The van der Waals surface area contributed by atoms with E-state index in [4.69, 9.17) is 14.2 Å². The molecule has 1 atom stereocenters.